The number of hydrogen-bond donors (Lipinski definition) is 0. The summed E-state index contributed by atoms with van der Waals surface area (Å²) in [4.78, 5) is -0.0705. The van der Waals surface area contributed by atoms with Gasteiger partial charge in [-0.1, -0.05) is 35.9 Å². The van der Waals surface area contributed by atoms with Crippen LogP contribution in [0.3, 0.4) is 0 Å². The smallest absolute Gasteiger partial charge is 0.199 e. The van der Waals surface area contributed by atoms with Crippen molar-refractivity contribution in [2.24, 2.45) is 4.40 Å². The topological polar surface area (TPSA) is 46.5 Å². The standard InChI is InChI=1S/C15H12F3NO2S/c1-11-6-8-13(9-7-11)22(20,21)19-10-12-4-2-3-5-14(12)15(16,17)18/h2-10H,1H3/b19-10-. The molecule has 0 fully saturated rings. The van der Waals surface area contributed by atoms with Crippen molar-refractivity contribution < 1.29 is 21.6 Å². The van der Waals surface area contributed by atoms with Crippen molar-refractivity contribution in [3.05, 3.63) is 65.2 Å². The van der Waals surface area contributed by atoms with Gasteiger partial charge in [-0.2, -0.15) is 26.0 Å². The first-order chi connectivity index (χ1) is 10.2. The van der Waals surface area contributed by atoms with E-state index in [2.05, 4.69) is 4.40 Å². The summed E-state index contributed by atoms with van der Waals surface area (Å²) in [5.41, 5.74) is -0.367. The molecule has 0 saturated heterocycles. The molecular weight excluding hydrogens is 315 g/mol. The van der Waals surface area contributed by atoms with Crippen LogP contribution in [-0.2, 0) is 16.2 Å². The molecule has 0 aliphatic heterocycles. The van der Waals surface area contributed by atoms with E-state index in [1.165, 1.54) is 24.3 Å². The zero-order chi connectivity index (χ0) is 16.4. The van der Waals surface area contributed by atoms with Gasteiger partial charge < -0.3 is 0 Å². The zero-order valence-electron chi connectivity index (χ0n) is 11.5. The van der Waals surface area contributed by atoms with Crippen molar-refractivity contribution in [2.75, 3.05) is 0 Å². The summed E-state index contributed by atoms with van der Waals surface area (Å²) in [6, 6.07) is 10.5. The summed E-state index contributed by atoms with van der Waals surface area (Å²) in [6.45, 7) is 1.79. The van der Waals surface area contributed by atoms with Gasteiger partial charge in [0, 0.05) is 11.8 Å². The Balaban J connectivity index is 2.38. The largest absolute Gasteiger partial charge is 0.417 e. The third-order valence-corrected chi connectivity index (χ3v) is 4.17. The van der Waals surface area contributed by atoms with Crippen molar-refractivity contribution in [3.8, 4) is 0 Å². The van der Waals surface area contributed by atoms with Gasteiger partial charge in [-0.05, 0) is 25.1 Å². The predicted molar refractivity (Wildman–Crippen MR) is 77.4 cm³/mol. The van der Waals surface area contributed by atoms with E-state index in [9.17, 15) is 21.6 Å². The minimum Gasteiger partial charge on any atom is -0.199 e. The van der Waals surface area contributed by atoms with Crippen LogP contribution in [0.1, 0.15) is 16.7 Å². The number of halogens is 3. The molecular formula is C15H12F3NO2S. The molecule has 0 unspecified atom stereocenters. The summed E-state index contributed by atoms with van der Waals surface area (Å²) in [6.07, 6.45) is -3.85. The van der Waals surface area contributed by atoms with Crippen LogP contribution in [0.15, 0.2) is 57.8 Å². The SMILES string of the molecule is Cc1ccc(S(=O)(=O)/N=C\c2ccccc2C(F)(F)F)cc1. The Bertz CT molecular complexity index is 794. The maximum atomic E-state index is 12.8. The highest BCUT2D eigenvalue weighted by molar-refractivity contribution is 7.90. The van der Waals surface area contributed by atoms with E-state index in [4.69, 9.17) is 0 Å². The highest BCUT2D eigenvalue weighted by Gasteiger charge is 2.32. The number of sulfonamides is 1. The summed E-state index contributed by atoms with van der Waals surface area (Å²) < 4.78 is 65.8. The van der Waals surface area contributed by atoms with Crippen LogP contribution >= 0.6 is 0 Å². The third kappa shape index (κ3) is 3.73. The molecule has 0 bridgehead atoms. The Morgan fingerprint density at radius 1 is 1.00 bits per heavy atom. The molecule has 7 heteroatoms. The van der Waals surface area contributed by atoms with Crippen molar-refractivity contribution >= 4 is 16.2 Å². The minimum atomic E-state index is -4.57. The second-order valence-electron chi connectivity index (χ2n) is 4.61. The molecule has 22 heavy (non-hydrogen) atoms. The number of hydrogen-bond acceptors (Lipinski definition) is 2. The number of rotatable bonds is 3. The Morgan fingerprint density at radius 3 is 2.18 bits per heavy atom. The third-order valence-electron chi connectivity index (χ3n) is 2.92. The van der Waals surface area contributed by atoms with Crippen LogP contribution in [0.4, 0.5) is 13.2 Å². The van der Waals surface area contributed by atoms with E-state index in [-0.39, 0.29) is 10.5 Å². The monoisotopic (exact) mass is 327 g/mol. The molecule has 2 aromatic rings. The zero-order valence-corrected chi connectivity index (χ0v) is 12.3. The van der Waals surface area contributed by atoms with Crippen molar-refractivity contribution in [1.82, 2.24) is 0 Å². The first kappa shape index (κ1) is 16.2. The van der Waals surface area contributed by atoms with Crippen molar-refractivity contribution in [1.29, 1.82) is 0 Å². The molecule has 0 radical (unpaired) electrons. The summed E-state index contributed by atoms with van der Waals surface area (Å²) in [5.74, 6) is 0. The van der Waals surface area contributed by atoms with E-state index < -0.39 is 21.8 Å². The Hall–Kier alpha value is -2.15. The van der Waals surface area contributed by atoms with Crippen LogP contribution in [-0.4, -0.2) is 14.6 Å². The predicted octanol–water partition coefficient (Wildman–Crippen LogP) is 3.82. The van der Waals surface area contributed by atoms with Crippen LogP contribution in [0.25, 0.3) is 0 Å². The average Bonchev–Trinajstić information content (AvgIpc) is 2.45. The van der Waals surface area contributed by atoms with E-state index in [0.717, 1.165) is 23.9 Å². The number of nitrogens with zero attached hydrogens (tertiary/aromatic N) is 1. The van der Waals surface area contributed by atoms with Gasteiger partial charge in [0.05, 0.1) is 10.5 Å². The fourth-order valence-corrected chi connectivity index (χ4v) is 2.62. The van der Waals surface area contributed by atoms with E-state index in [1.807, 2.05) is 0 Å². The van der Waals surface area contributed by atoms with Gasteiger partial charge in [0.1, 0.15) is 0 Å². The minimum absolute atomic E-state index is 0.0705. The number of alkyl halides is 3. The fourth-order valence-electron chi connectivity index (χ4n) is 1.77. The Morgan fingerprint density at radius 2 is 1.59 bits per heavy atom. The van der Waals surface area contributed by atoms with Crippen LogP contribution < -0.4 is 0 Å². The second-order valence-corrected chi connectivity index (χ2v) is 6.24. The molecule has 0 spiro atoms. The molecule has 3 nitrogen and oxygen atoms in total. The summed E-state index contributed by atoms with van der Waals surface area (Å²) >= 11 is 0. The lowest BCUT2D eigenvalue weighted by molar-refractivity contribution is -0.137. The van der Waals surface area contributed by atoms with Crippen LogP contribution in [0.5, 0.6) is 0 Å². The quantitative estimate of drug-likeness (QED) is 0.805. The van der Waals surface area contributed by atoms with E-state index in [0.29, 0.717) is 0 Å². The maximum absolute atomic E-state index is 12.8. The van der Waals surface area contributed by atoms with Crippen LogP contribution in [0, 0.1) is 6.92 Å². The molecule has 0 aliphatic carbocycles. The van der Waals surface area contributed by atoms with Gasteiger partial charge >= 0.3 is 6.18 Å². The van der Waals surface area contributed by atoms with Gasteiger partial charge in [-0.15, -0.1) is 0 Å². The lowest BCUT2D eigenvalue weighted by atomic mass is 10.1. The van der Waals surface area contributed by atoms with E-state index >= 15 is 0 Å². The molecule has 0 N–H and O–H groups in total. The average molecular weight is 327 g/mol. The first-order valence-electron chi connectivity index (χ1n) is 6.23. The second kappa shape index (κ2) is 5.92. The van der Waals surface area contributed by atoms with Crippen molar-refractivity contribution in [3.63, 3.8) is 0 Å². The molecule has 0 amide bonds. The van der Waals surface area contributed by atoms with Gasteiger partial charge in [0.15, 0.2) is 0 Å². The number of aryl methyl sites for hydroxylation is 1. The molecule has 0 saturated carbocycles. The molecule has 2 aromatic carbocycles. The normalized spacial score (nSPS) is 12.7. The van der Waals surface area contributed by atoms with E-state index in [1.54, 1.807) is 19.1 Å². The van der Waals surface area contributed by atoms with Gasteiger partial charge in [0.2, 0.25) is 0 Å². The molecule has 116 valence electrons. The summed E-state index contributed by atoms with van der Waals surface area (Å²) in [5, 5.41) is 0. The van der Waals surface area contributed by atoms with Crippen molar-refractivity contribution in [2.45, 2.75) is 18.0 Å². The fraction of sp³-hybridized carbons (Fsp3) is 0.133. The number of benzene rings is 2. The summed E-state index contributed by atoms with van der Waals surface area (Å²) in [7, 11) is -4.04. The molecule has 0 atom stereocenters. The Labute approximate surface area is 126 Å². The molecule has 0 heterocycles. The first-order valence-corrected chi connectivity index (χ1v) is 7.67. The highest BCUT2D eigenvalue weighted by Crippen LogP contribution is 2.31. The molecule has 0 aromatic heterocycles. The lowest BCUT2D eigenvalue weighted by Crippen LogP contribution is -2.09. The lowest BCUT2D eigenvalue weighted by Gasteiger charge is -2.09. The highest BCUT2D eigenvalue weighted by atomic mass is 32.2. The molecule has 0 aliphatic rings. The molecule has 2 rings (SSSR count). The Kier molecular flexibility index (Phi) is 4.37. The van der Waals surface area contributed by atoms with Crippen LogP contribution in [0.2, 0.25) is 0 Å². The van der Waals surface area contributed by atoms with Gasteiger partial charge in [-0.25, -0.2) is 0 Å². The maximum Gasteiger partial charge on any atom is 0.417 e. The van der Waals surface area contributed by atoms with Gasteiger partial charge in [-0.3, -0.25) is 0 Å². The van der Waals surface area contributed by atoms with Gasteiger partial charge in [0.25, 0.3) is 10.0 Å².